The van der Waals surface area contributed by atoms with Crippen molar-refractivity contribution in [1.82, 2.24) is 10.9 Å². The molecule has 21 heavy (non-hydrogen) atoms. The standard InChI is InChI=1S/C15H14N2O4/c18-14(20-11-12-7-3-1-4-8-12)16-17-15(19)21-13-9-5-2-6-10-13/h1-10H,11H2,(H,16,18)(H,17,19). The van der Waals surface area contributed by atoms with Crippen LogP contribution in [0, 0.1) is 0 Å². The molecule has 0 saturated heterocycles. The summed E-state index contributed by atoms with van der Waals surface area (Å²) < 4.78 is 9.82. The van der Waals surface area contributed by atoms with E-state index in [1.807, 2.05) is 30.3 Å². The Morgan fingerprint density at radius 1 is 0.810 bits per heavy atom. The van der Waals surface area contributed by atoms with Gasteiger partial charge in [-0.05, 0) is 17.7 Å². The van der Waals surface area contributed by atoms with Gasteiger partial charge in [-0.25, -0.2) is 20.4 Å². The minimum Gasteiger partial charge on any atom is -0.443 e. The van der Waals surface area contributed by atoms with Crippen molar-refractivity contribution in [3.8, 4) is 5.75 Å². The lowest BCUT2D eigenvalue weighted by Crippen LogP contribution is -2.43. The van der Waals surface area contributed by atoms with Crippen LogP contribution in [-0.4, -0.2) is 12.2 Å². The molecule has 2 aromatic carbocycles. The fourth-order valence-corrected chi connectivity index (χ4v) is 1.48. The average molecular weight is 286 g/mol. The molecule has 0 saturated carbocycles. The van der Waals surface area contributed by atoms with Gasteiger partial charge < -0.3 is 9.47 Å². The Morgan fingerprint density at radius 3 is 2.05 bits per heavy atom. The topological polar surface area (TPSA) is 76.7 Å². The highest BCUT2D eigenvalue weighted by Crippen LogP contribution is 2.07. The van der Waals surface area contributed by atoms with Crippen LogP contribution < -0.4 is 15.6 Å². The molecule has 0 atom stereocenters. The highest BCUT2D eigenvalue weighted by atomic mass is 16.6. The maximum absolute atomic E-state index is 11.4. The molecule has 0 spiro atoms. The van der Waals surface area contributed by atoms with Crippen LogP contribution in [0.5, 0.6) is 5.75 Å². The number of carbonyl (C=O) groups excluding carboxylic acids is 2. The zero-order chi connectivity index (χ0) is 14.9. The van der Waals surface area contributed by atoms with Crippen molar-refractivity contribution >= 4 is 12.2 Å². The van der Waals surface area contributed by atoms with Crippen molar-refractivity contribution in [2.75, 3.05) is 0 Å². The van der Waals surface area contributed by atoms with Crippen LogP contribution in [-0.2, 0) is 11.3 Å². The molecule has 2 aromatic rings. The number of amides is 2. The van der Waals surface area contributed by atoms with Crippen molar-refractivity contribution in [2.24, 2.45) is 0 Å². The third-order valence-corrected chi connectivity index (χ3v) is 2.43. The fraction of sp³-hybridized carbons (Fsp3) is 0.0667. The molecule has 0 aliphatic rings. The predicted octanol–water partition coefficient (Wildman–Crippen LogP) is 2.62. The molecule has 0 fully saturated rings. The van der Waals surface area contributed by atoms with Gasteiger partial charge >= 0.3 is 12.2 Å². The molecule has 0 aliphatic carbocycles. The molecule has 108 valence electrons. The summed E-state index contributed by atoms with van der Waals surface area (Å²) in [5, 5.41) is 0. The Kier molecular flexibility index (Phi) is 5.17. The summed E-state index contributed by atoms with van der Waals surface area (Å²) in [6, 6.07) is 17.7. The number of para-hydroxylation sites is 1. The van der Waals surface area contributed by atoms with Crippen LogP contribution >= 0.6 is 0 Å². The van der Waals surface area contributed by atoms with E-state index in [0.717, 1.165) is 5.56 Å². The van der Waals surface area contributed by atoms with Gasteiger partial charge in [0.1, 0.15) is 12.4 Å². The van der Waals surface area contributed by atoms with Crippen LogP contribution in [0.2, 0.25) is 0 Å². The van der Waals surface area contributed by atoms with Gasteiger partial charge in [0.2, 0.25) is 0 Å². The van der Waals surface area contributed by atoms with E-state index in [9.17, 15) is 9.59 Å². The van der Waals surface area contributed by atoms with Gasteiger partial charge in [0.15, 0.2) is 0 Å². The van der Waals surface area contributed by atoms with E-state index < -0.39 is 12.2 Å². The van der Waals surface area contributed by atoms with Crippen LogP contribution in [0.4, 0.5) is 9.59 Å². The number of rotatable bonds is 3. The molecule has 0 aliphatic heterocycles. The molecule has 0 heterocycles. The third kappa shape index (κ3) is 5.23. The highest BCUT2D eigenvalue weighted by Gasteiger charge is 2.07. The van der Waals surface area contributed by atoms with Crippen LogP contribution in [0.1, 0.15) is 5.56 Å². The Labute approximate surface area is 121 Å². The van der Waals surface area contributed by atoms with E-state index in [0.29, 0.717) is 5.75 Å². The van der Waals surface area contributed by atoms with E-state index in [1.54, 1.807) is 30.3 Å². The minimum absolute atomic E-state index is 0.113. The summed E-state index contributed by atoms with van der Waals surface area (Å²) >= 11 is 0. The first-order valence-corrected chi connectivity index (χ1v) is 6.23. The van der Waals surface area contributed by atoms with Gasteiger partial charge in [-0.3, -0.25) is 0 Å². The molecular weight excluding hydrogens is 272 g/mol. The van der Waals surface area contributed by atoms with E-state index >= 15 is 0 Å². The molecule has 2 N–H and O–H groups in total. The van der Waals surface area contributed by atoms with Crippen molar-refractivity contribution in [1.29, 1.82) is 0 Å². The number of ether oxygens (including phenoxy) is 2. The second kappa shape index (κ2) is 7.54. The Hall–Kier alpha value is -3.02. The summed E-state index contributed by atoms with van der Waals surface area (Å²) in [6.45, 7) is 0.113. The molecule has 0 unspecified atom stereocenters. The number of hydrogen-bond acceptors (Lipinski definition) is 4. The van der Waals surface area contributed by atoms with Gasteiger partial charge in [-0.2, -0.15) is 0 Å². The highest BCUT2D eigenvalue weighted by molar-refractivity contribution is 5.75. The molecule has 6 nitrogen and oxygen atoms in total. The lowest BCUT2D eigenvalue weighted by molar-refractivity contribution is 0.132. The average Bonchev–Trinajstić information content (AvgIpc) is 2.53. The number of benzene rings is 2. The second-order valence-corrected chi connectivity index (χ2v) is 4.01. The number of carbonyl (C=O) groups is 2. The Morgan fingerprint density at radius 2 is 1.38 bits per heavy atom. The van der Waals surface area contributed by atoms with Crippen molar-refractivity contribution in [2.45, 2.75) is 6.61 Å². The first-order valence-electron chi connectivity index (χ1n) is 6.23. The summed E-state index contributed by atoms with van der Waals surface area (Å²) in [7, 11) is 0. The van der Waals surface area contributed by atoms with Crippen molar-refractivity contribution < 1.29 is 19.1 Å². The zero-order valence-corrected chi connectivity index (χ0v) is 11.1. The summed E-state index contributed by atoms with van der Waals surface area (Å²) in [6.07, 6.45) is -1.58. The molecule has 0 aromatic heterocycles. The molecule has 2 amide bonds. The maximum Gasteiger partial charge on any atom is 0.431 e. The monoisotopic (exact) mass is 286 g/mol. The largest absolute Gasteiger partial charge is 0.443 e. The van der Waals surface area contributed by atoms with Crippen LogP contribution in [0.3, 0.4) is 0 Å². The second-order valence-electron chi connectivity index (χ2n) is 4.01. The van der Waals surface area contributed by atoms with Crippen molar-refractivity contribution in [3.05, 3.63) is 66.2 Å². The van der Waals surface area contributed by atoms with Crippen LogP contribution in [0.25, 0.3) is 0 Å². The molecule has 6 heteroatoms. The van der Waals surface area contributed by atoms with Crippen molar-refractivity contribution in [3.63, 3.8) is 0 Å². The third-order valence-electron chi connectivity index (χ3n) is 2.43. The molecule has 0 bridgehead atoms. The number of nitrogens with one attached hydrogen (secondary N) is 2. The lowest BCUT2D eigenvalue weighted by atomic mass is 10.2. The Balaban J connectivity index is 1.68. The molecule has 0 radical (unpaired) electrons. The first-order chi connectivity index (χ1) is 10.2. The minimum atomic E-state index is -0.808. The van der Waals surface area contributed by atoms with Gasteiger partial charge in [0.25, 0.3) is 0 Å². The first kappa shape index (κ1) is 14.4. The smallest absolute Gasteiger partial charge is 0.431 e. The van der Waals surface area contributed by atoms with E-state index in [2.05, 4.69) is 10.9 Å². The van der Waals surface area contributed by atoms with E-state index in [4.69, 9.17) is 9.47 Å². The Bertz CT molecular complexity index is 587. The zero-order valence-electron chi connectivity index (χ0n) is 11.1. The summed E-state index contributed by atoms with van der Waals surface area (Å²) in [5.41, 5.74) is 5.02. The quantitative estimate of drug-likeness (QED) is 0.850. The van der Waals surface area contributed by atoms with Gasteiger partial charge in [0, 0.05) is 0 Å². The summed E-state index contributed by atoms with van der Waals surface area (Å²) in [5.74, 6) is 0.370. The number of hydrazine groups is 1. The molecular formula is C15H14N2O4. The van der Waals surface area contributed by atoms with Gasteiger partial charge in [0.05, 0.1) is 0 Å². The van der Waals surface area contributed by atoms with Crippen LogP contribution in [0.15, 0.2) is 60.7 Å². The van der Waals surface area contributed by atoms with E-state index in [-0.39, 0.29) is 6.61 Å². The normalized spacial score (nSPS) is 9.52. The SMILES string of the molecule is O=C(NNC(=O)Oc1ccccc1)OCc1ccccc1. The lowest BCUT2D eigenvalue weighted by Gasteiger charge is -2.08. The fourth-order valence-electron chi connectivity index (χ4n) is 1.48. The number of hydrogen-bond donors (Lipinski definition) is 2. The van der Waals surface area contributed by atoms with E-state index in [1.165, 1.54) is 0 Å². The predicted molar refractivity (Wildman–Crippen MR) is 75.4 cm³/mol. The molecule has 2 rings (SSSR count). The maximum atomic E-state index is 11.4. The van der Waals surface area contributed by atoms with Gasteiger partial charge in [-0.15, -0.1) is 0 Å². The van der Waals surface area contributed by atoms with Gasteiger partial charge in [-0.1, -0.05) is 48.5 Å². The summed E-state index contributed by atoms with van der Waals surface area (Å²) in [4.78, 5) is 22.8.